The van der Waals surface area contributed by atoms with Gasteiger partial charge in [-0.3, -0.25) is 0 Å². The molecule has 3 aromatic carbocycles. The van der Waals surface area contributed by atoms with Crippen molar-refractivity contribution < 1.29 is 13.2 Å². The van der Waals surface area contributed by atoms with Crippen LogP contribution in [0.2, 0.25) is 0 Å². The van der Waals surface area contributed by atoms with Gasteiger partial charge in [0, 0.05) is 45.3 Å². The maximum absolute atomic E-state index is 13.2. The van der Waals surface area contributed by atoms with Crippen molar-refractivity contribution in [1.82, 2.24) is 9.97 Å². The molecule has 0 unspecified atom stereocenters. The van der Waals surface area contributed by atoms with E-state index >= 15 is 0 Å². The lowest BCUT2D eigenvalue weighted by Gasteiger charge is -2.28. The van der Waals surface area contributed by atoms with Crippen LogP contribution in [0.5, 0.6) is 0 Å². The van der Waals surface area contributed by atoms with Gasteiger partial charge in [-0.2, -0.15) is 13.2 Å². The first-order valence-electron chi connectivity index (χ1n) is 10.2. The Kier molecular flexibility index (Phi) is 4.64. The monoisotopic (exact) mass is 452 g/mol. The summed E-state index contributed by atoms with van der Waals surface area (Å²) in [6.07, 6.45) is -0.712. The second kappa shape index (κ2) is 7.17. The van der Waals surface area contributed by atoms with Crippen LogP contribution in [-0.2, 0) is 11.1 Å². The van der Waals surface area contributed by atoms with Gasteiger partial charge in [-0.15, -0.1) is 11.6 Å². The van der Waals surface area contributed by atoms with E-state index in [1.807, 2.05) is 62.6 Å². The normalized spacial score (nSPS) is 12.7. The highest BCUT2D eigenvalue weighted by Gasteiger charge is 2.39. The second-order valence-corrected chi connectivity index (χ2v) is 8.80. The molecule has 0 bridgehead atoms. The zero-order chi connectivity index (χ0) is 22.7. The Morgan fingerprint density at radius 2 is 1.09 bits per heavy atom. The van der Waals surface area contributed by atoms with Crippen molar-refractivity contribution in [2.75, 3.05) is 0 Å². The highest BCUT2D eigenvalue weighted by molar-refractivity contribution is 6.30. The molecule has 0 aliphatic carbocycles. The number of H-pyrrole nitrogens is 2. The molecule has 5 rings (SSSR count). The van der Waals surface area contributed by atoms with Crippen LogP contribution >= 0.6 is 11.6 Å². The van der Waals surface area contributed by atoms with Gasteiger partial charge in [0.25, 0.3) is 0 Å². The van der Waals surface area contributed by atoms with E-state index in [-0.39, 0.29) is 0 Å². The van der Waals surface area contributed by atoms with Crippen molar-refractivity contribution in [3.8, 4) is 0 Å². The predicted molar refractivity (Wildman–Crippen MR) is 123 cm³/mol. The van der Waals surface area contributed by atoms with Crippen LogP contribution in [0.4, 0.5) is 13.2 Å². The van der Waals surface area contributed by atoms with E-state index in [2.05, 4.69) is 9.97 Å². The van der Waals surface area contributed by atoms with E-state index in [1.54, 1.807) is 0 Å². The molecule has 6 heteroatoms. The lowest BCUT2D eigenvalue weighted by Crippen LogP contribution is -2.22. The molecule has 0 atom stereocenters. The minimum atomic E-state index is -4.41. The van der Waals surface area contributed by atoms with Crippen molar-refractivity contribution in [3.63, 3.8) is 0 Å². The fourth-order valence-corrected chi connectivity index (χ4v) is 4.82. The molecule has 162 valence electrons. The van der Waals surface area contributed by atoms with Crippen LogP contribution in [-0.4, -0.2) is 9.97 Å². The number of nitrogens with one attached hydrogen (secondary N) is 2. The summed E-state index contributed by atoms with van der Waals surface area (Å²) in [6.45, 7) is 4.00. The van der Waals surface area contributed by atoms with Crippen molar-refractivity contribution >= 4 is 33.4 Å². The fraction of sp³-hybridized carbons (Fsp3) is 0.154. The van der Waals surface area contributed by atoms with Crippen molar-refractivity contribution in [3.05, 3.63) is 106 Å². The summed E-state index contributed by atoms with van der Waals surface area (Å²) in [6, 6.07) is 17.2. The number of hydrogen-bond donors (Lipinski definition) is 2. The quantitative estimate of drug-likeness (QED) is 0.261. The van der Waals surface area contributed by atoms with Gasteiger partial charge in [0.2, 0.25) is 0 Å². The number of aromatic amines is 2. The first kappa shape index (κ1) is 20.7. The third-order valence-electron chi connectivity index (χ3n) is 6.03. The standard InChI is InChI=1S/C26H20ClF3N2/c1-15-3-9-23-19(11-15)21(13-31-23)25(27,17-5-7-18(8-6-17)26(28,29)30)22-14-32-24-10-4-16(2)12-20(22)24/h3-14,31-32H,1-2H3. The number of fused-ring (bicyclic) bond motifs is 2. The van der Waals surface area contributed by atoms with Gasteiger partial charge in [-0.1, -0.05) is 35.4 Å². The molecule has 32 heavy (non-hydrogen) atoms. The topological polar surface area (TPSA) is 31.6 Å². The molecule has 0 amide bonds. The summed E-state index contributed by atoms with van der Waals surface area (Å²) in [4.78, 5) is 5.34. The van der Waals surface area contributed by atoms with Crippen LogP contribution in [0, 0.1) is 13.8 Å². The summed E-state index contributed by atoms with van der Waals surface area (Å²) >= 11 is 7.51. The Labute approximate surface area is 188 Å². The number of halogens is 4. The summed E-state index contributed by atoms with van der Waals surface area (Å²) in [5.74, 6) is 0. The van der Waals surface area contributed by atoms with E-state index in [0.29, 0.717) is 5.56 Å². The molecule has 2 N–H and O–H groups in total. The number of alkyl halides is 4. The molecule has 2 heterocycles. The molecular weight excluding hydrogens is 433 g/mol. The number of rotatable bonds is 3. The van der Waals surface area contributed by atoms with Crippen LogP contribution in [0.15, 0.2) is 73.1 Å². The third kappa shape index (κ3) is 3.19. The largest absolute Gasteiger partial charge is 0.416 e. The van der Waals surface area contributed by atoms with E-state index in [0.717, 1.165) is 56.2 Å². The van der Waals surface area contributed by atoms with E-state index < -0.39 is 16.6 Å². The van der Waals surface area contributed by atoms with Gasteiger partial charge in [-0.25, -0.2) is 0 Å². The minimum absolute atomic E-state index is 0.567. The Bertz CT molecular complexity index is 1360. The van der Waals surface area contributed by atoms with Crippen LogP contribution < -0.4 is 0 Å². The highest BCUT2D eigenvalue weighted by atomic mass is 35.5. The van der Waals surface area contributed by atoms with Gasteiger partial charge < -0.3 is 9.97 Å². The van der Waals surface area contributed by atoms with Gasteiger partial charge in [0.15, 0.2) is 0 Å². The van der Waals surface area contributed by atoms with Crippen molar-refractivity contribution in [2.24, 2.45) is 0 Å². The zero-order valence-electron chi connectivity index (χ0n) is 17.4. The summed E-state index contributed by atoms with van der Waals surface area (Å²) in [5, 5.41) is 1.86. The number of hydrogen-bond acceptors (Lipinski definition) is 0. The fourth-order valence-electron chi connectivity index (χ4n) is 4.38. The van der Waals surface area contributed by atoms with Crippen LogP contribution in [0.1, 0.15) is 33.4 Å². The summed E-state index contributed by atoms with van der Waals surface area (Å²) in [5.41, 5.74) is 5.41. The average molecular weight is 453 g/mol. The smallest absolute Gasteiger partial charge is 0.361 e. The van der Waals surface area contributed by atoms with E-state index in [9.17, 15) is 13.2 Å². The highest BCUT2D eigenvalue weighted by Crippen LogP contribution is 2.48. The van der Waals surface area contributed by atoms with Gasteiger partial charge in [0.05, 0.1) is 5.56 Å². The molecule has 0 radical (unpaired) electrons. The summed E-state index contributed by atoms with van der Waals surface area (Å²) in [7, 11) is 0. The molecule has 0 aliphatic rings. The maximum atomic E-state index is 13.2. The molecule has 0 saturated heterocycles. The van der Waals surface area contributed by atoms with E-state index in [4.69, 9.17) is 11.6 Å². The van der Waals surface area contributed by atoms with Gasteiger partial charge >= 0.3 is 6.18 Å². The molecule has 0 spiro atoms. The first-order chi connectivity index (χ1) is 15.2. The molecule has 0 aliphatic heterocycles. The predicted octanol–water partition coefficient (Wildman–Crippen LogP) is 7.82. The van der Waals surface area contributed by atoms with Crippen LogP contribution in [0.3, 0.4) is 0 Å². The Morgan fingerprint density at radius 1 is 0.656 bits per heavy atom. The van der Waals surface area contributed by atoms with Crippen molar-refractivity contribution in [2.45, 2.75) is 24.9 Å². The van der Waals surface area contributed by atoms with E-state index in [1.165, 1.54) is 12.1 Å². The summed E-state index contributed by atoms with van der Waals surface area (Å²) < 4.78 is 39.7. The zero-order valence-corrected chi connectivity index (χ0v) is 18.2. The van der Waals surface area contributed by atoms with Crippen LogP contribution in [0.25, 0.3) is 21.8 Å². The second-order valence-electron chi connectivity index (χ2n) is 8.24. The Hall–Kier alpha value is -3.18. The number of aromatic nitrogens is 2. The Balaban J connectivity index is 1.82. The maximum Gasteiger partial charge on any atom is 0.416 e. The lowest BCUT2D eigenvalue weighted by atomic mass is 9.83. The molecule has 0 fully saturated rings. The minimum Gasteiger partial charge on any atom is -0.361 e. The molecule has 2 aromatic heterocycles. The van der Waals surface area contributed by atoms with Gasteiger partial charge in [-0.05, 0) is 55.8 Å². The number of aryl methyl sites for hydroxylation is 2. The van der Waals surface area contributed by atoms with Crippen molar-refractivity contribution in [1.29, 1.82) is 0 Å². The van der Waals surface area contributed by atoms with Gasteiger partial charge in [0.1, 0.15) is 4.87 Å². The molecule has 5 aromatic rings. The number of benzene rings is 3. The molecular formula is C26H20ClF3N2. The lowest BCUT2D eigenvalue weighted by molar-refractivity contribution is -0.137. The first-order valence-corrected chi connectivity index (χ1v) is 10.6. The Morgan fingerprint density at radius 3 is 1.53 bits per heavy atom. The molecule has 2 nitrogen and oxygen atoms in total. The molecule has 0 saturated carbocycles. The average Bonchev–Trinajstić information content (AvgIpc) is 3.37. The third-order valence-corrected chi connectivity index (χ3v) is 6.65. The SMILES string of the molecule is Cc1ccc2[nH]cc(C(Cl)(c3ccc(C(F)(F)F)cc3)c3c[nH]c4ccc(C)cc34)c2c1.